The molecule has 0 aliphatic carbocycles. The van der Waals surface area contributed by atoms with E-state index in [9.17, 15) is 14.0 Å². The Kier molecular flexibility index (Phi) is 8.50. The van der Waals surface area contributed by atoms with Crippen LogP contribution in [0, 0.1) is 5.82 Å². The predicted octanol–water partition coefficient (Wildman–Crippen LogP) is 7.00. The maximum atomic E-state index is 16.2. The fraction of sp³-hybridized carbons (Fsp3) is 0.314. The second kappa shape index (κ2) is 12.1. The lowest BCUT2D eigenvalue weighted by molar-refractivity contribution is -0.129. The zero-order chi connectivity index (χ0) is 31.9. The molecule has 1 fully saturated rings. The van der Waals surface area contributed by atoms with Crippen LogP contribution in [0.25, 0.3) is 33.8 Å². The number of aromatic nitrogens is 3. The van der Waals surface area contributed by atoms with Crippen LogP contribution in [-0.4, -0.2) is 51.0 Å². The van der Waals surface area contributed by atoms with Crippen LogP contribution in [0.15, 0.2) is 72.4 Å². The molecule has 0 bridgehead atoms. The van der Waals surface area contributed by atoms with Crippen molar-refractivity contribution in [1.29, 1.82) is 0 Å². The summed E-state index contributed by atoms with van der Waals surface area (Å²) in [5, 5.41) is 0.441. The van der Waals surface area contributed by atoms with Gasteiger partial charge in [0.05, 0.1) is 16.9 Å². The first-order chi connectivity index (χ1) is 20.9. The Hall–Kier alpha value is -4.66. The van der Waals surface area contributed by atoms with Gasteiger partial charge in [-0.15, -0.1) is 0 Å². The van der Waals surface area contributed by atoms with Crippen LogP contribution in [-0.2, 0) is 4.79 Å². The van der Waals surface area contributed by atoms with Crippen molar-refractivity contribution in [3.8, 4) is 16.8 Å². The number of anilines is 1. The third-order valence-electron chi connectivity index (χ3n) is 8.23. The molecule has 2 aromatic heterocycles. The van der Waals surface area contributed by atoms with E-state index in [4.69, 9.17) is 0 Å². The molecule has 2 aromatic carbocycles. The quantitative estimate of drug-likeness (QED) is 0.215. The Morgan fingerprint density at radius 3 is 2.43 bits per heavy atom. The van der Waals surface area contributed by atoms with Crippen molar-refractivity contribution in [2.75, 3.05) is 24.5 Å². The third-order valence-corrected chi connectivity index (χ3v) is 8.23. The minimum absolute atomic E-state index is 0.0115. The van der Waals surface area contributed by atoms with Gasteiger partial charge in [0, 0.05) is 42.8 Å². The van der Waals surface area contributed by atoms with Gasteiger partial charge in [0.1, 0.15) is 11.6 Å². The Bertz CT molecular complexity index is 1820. The molecule has 1 atom stereocenters. The van der Waals surface area contributed by atoms with Gasteiger partial charge in [0.25, 0.3) is 5.91 Å². The molecule has 1 aliphatic rings. The molecule has 1 aliphatic heterocycles. The first-order valence-corrected chi connectivity index (χ1v) is 14.8. The number of fused-ring (bicyclic) bond motifs is 1. The number of hydrogen-bond donors (Lipinski definition) is 0. The lowest BCUT2D eigenvalue weighted by Gasteiger charge is -2.40. The number of carbonyl (C=O) groups excluding carboxylic acids is 1. The van der Waals surface area contributed by atoms with E-state index in [1.807, 2.05) is 56.0 Å². The molecule has 4 aromatic rings. The fourth-order valence-corrected chi connectivity index (χ4v) is 6.04. The molecule has 0 saturated carbocycles. The average Bonchev–Trinajstić information content (AvgIpc) is 2.99. The second-order valence-corrected chi connectivity index (χ2v) is 11.8. The van der Waals surface area contributed by atoms with Crippen molar-refractivity contribution in [3.05, 3.63) is 101 Å². The van der Waals surface area contributed by atoms with E-state index < -0.39 is 23.2 Å². The van der Waals surface area contributed by atoms with E-state index in [-0.39, 0.29) is 37.5 Å². The van der Waals surface area contributed by atoms with Gasteiger partial charge in [-0.25, -0.2) is 13.6 Å². The molecular formula is C35H37F2N5O2. The number of pyridine rings is 1. The summed E-state index contributed by atoms with van der Waals surface area (Å²) in [4.78, 5) is 39.0. The topological polar surface area (TPSA) is 71.3 Å². The van der Waals surface area contributed by atoms with Crippen LogP contribution in [0.1, 0.15) is 63.3 Å². The summed E-state index contributed by atoms with van der Waals surface area (Å²) in [6.45, 7) is 17.7. The number of halogens is 2. The Balaban J connectivity index is 1.83. The predicted molar refractivity (Wildman–Crippen MR) is 172 cm³/mol. The average molecular weight is 598 g/mol. The number of rotatable bonds is 7. The van der Waals surface area contributed by atoms with Gasteiger partial charge in [0.2, 0.25) is 0 Å². The first-order valence-electron chi connectivity index (χ1n) is 14.8. The highest BCUT2D eigenvalue weighted by molar-refractivity contribution is 5.95. The summed E-state index contributed by atoms with van der Waals surface area (Å²) in [5.74, 6) is -1.91. The zero-order valence-electron chi connectivity index (χ0n) is 25.8. The van der Waals surface area contributed by atoms with Gasteiger partial charge in [-0.2, -0.15) is 4.98 Å². The van der Waals surface area contributed by atoms with Gasteiger partial charge in [-0.3, -0.25) is 14.3 Å². The molecule has 9 heteroatoms. The van der Waals surface area contributed by atoms with Gasteiger partial charge in [-0.05, 0) is 53.6 Å². The van der Waals surface area contributed by atoms with Crippen LogP contribution in [0.3, 0.4) is 0 Å². The van der Waals surface area contributed by atoms with Crippen LogP contribution >= 0.6 is 0 Å². The lowest BCUT2D eigenvalue weighted by atomic mass is 9.95. The van der Waals surface area contributed by atoms with Gasteiger partial charge in [0.15, 0.2) is 5.83 Å². The standard InChI is InChI=1S/C35H37F2N5O2/c1-8-24-11-9-10-12-26(24)27-18-30-28(17-29(27)37)33(41-16-15-40(19-22(41)6)34(43)23(7)36)39-35(44)42(30)32-25(20(2)3)13-14-38-31(32)21(4)5/h8-14,17-18,20-22H,1,7,15-16,19H2,2-6H3/t22-/m0/s1. The molecule has 0 radical (unpaired) electrons. The van der Waals surface area contributed by atoms with E-state index in [1.54, 1.807) is 22.9 Å². The zero-order valence-corrected chi connectivity index (χ0v) is 25.8. The van der Waals surface area contributed by atoms with Crippen LogP contribution in [0.4, 0.5) is 14.6 Å². The number of hydrogen-bond acceptors (Lipinski definition) is 5. The third kappa shape index (κ3) is 5.42. The molecule has 0 N–H and O–H groups in total. The number of benzene rings is 2. The summed E-state index contributed by atoms with van der Waals surface area (Å²) in [6.07, 6.45) is 3.43. The van der Waals surface area contributed by atoms with Crippen molar-refractivity contribution in [1.82, 2.24) is 19.4 Å². The van der Waals surface area contributed by atoms with Gasteiger partial charge in [-0.1, -0.05) is 71.2 Å². The van der Waals surface area contributed by atoms with Crippen molar-refractivity contribution < 1.29 is 13.6 Å². The number of nitrogens with zero attached hydrogens (tertiary/aromatic N) is 5. The van der Waals surface area contributed by atoms with E-state index in [0.717, 1.165) is 16.8 Å². The number of piperazine rings is 1. The Morgan fingerprint density at radius 2 is 1.80 bits per heavy atom. The minimum atomic E-state index is -1.02. The van der Waals surface area contributed by atoms with Crippen molar-refractivity contribution in [3.63, 3.8) is 0 Å². The summed E-state index contributed by atoms with van der Waals surface area (Å²) >= 11 is 0. The SMILES string of the molecule is C=Cc1ccccc1-c1cc2c(cc1F)c(N1CCN(C(=O)C(=C)F)C[C@@H]1C)nc(=O)n2-c1c(C(C)C)ccnc1C(C)C. The van der Waals surface area contributed by atoms with Crippen LogP contribution in [0.5, 0.6) is 0 Å². The van der Waals surface area contributed by atoms with E-state index in [2.05, 4.69) is 37.0 Å². The fourth-order valence-electron chi connectivity index (χ4n) is 6.04. The van der Waals surface area contributed by atoms with Gasteiger partial charge >= 0.3 is 5.69 Å². The Labute approximate surface area is 256 Å². The van der Waals surface area contributed by atoms with E-state index in [0.29, 0.717) is 33.5 Å². The van der Waals surface area contributed by atoms with E-state index in [1.165, 1.54) is 11.0 Å². The monoisotopic (exact) mass is 597 g/mol. The van der Waals surface area contributed by atoms with Crippen molar-refractivity contribution in [2.24, 2.45) is 0 Å². The number of amides is 1. The van der Waals surface area contributed by atoms with Crippen LogP contribution < -0.4 is 10.6 Å². The van der Waals surface area contributed by atoms with Crippen LogP contribution in [0.2, 0.25) is 0 Å². The normalized spacial score (nSPS) is 15.3. The summed E-state index contributed by atoms with van der Waals surface area (Å²) < 4.78 is 31.4. The molecule has 44 heavy (non-hydrogen) atoms. The molecule has 0 spiro atoms. The van der Waals surface area contributed by atoms with Crippen molar-refractivity contribution in [2.45, 2.75) is 52.5 Å². The molecular weight excluding hydrogens is 560 g/mol. The summed E-state index contributed by atoms with van der Waals surface area (Å²) in [7, 11) is 0. The molecule has 3 heterocycles. The highest BCUT2D eigenvalue weighted by atomic mass is 19.1. The largest absolute Gasteiger partial charge is 0.354 e. The maximum absolute atomic E-state index is 16.2. The molecule has 5 rings (SSSR count). The van der Waals surface area contributed by atoms with Crippen molar-refractivity contribution >= 4 is 28.7 Å². The first kappa shape index (κ1) is 30.8. The smallest absolute Gasteiger partial charge is 0.350 e. The summed E-state index contributed by atoms with van der Waals surface area (Å²) in [5.41, 5.74) is 3.98. The molecule has 1 saturated heterocycles. The lowest BCUT2D eigenvalue weighted by Crippen LogP contribution is -2.54. The van der Waals surface area contributed by atoms with Gasteiger partial charge < -0.3 is 9.80 Å². The molecule has 1 amide bonds. The highest BCUT2D eigenvalue weighted by Crippen LogP contribution is 2.37. The highest BCUT2D eigenvalue weighted by Gasteiger charge is 2.32. The molecule has 0 unspecified atom stereocenters. The number of carbonyl (C=O) groups is 1. The van der Waals surface area contributed by atoms with E-state index >= 15 is 4.39 Å². The Morgan fingerprint density at radius 1 is 1.07 bits per heavy atom. The second-order valence-electron chi connectivity index (χ2n) is 11.8. The molecule has 7 nitrogen and oxygen atoms in total. The maximum Gasteiger partial charge on any atom is 0.354 e. The minimum Gasteiger partial charge on any atom is -0.350 e. The molecule has 228 valence electrons. The summed E-state index contributed by atoms with van der Waals surface area (Å²) in [6, 6.07) is 12.1.